The molecule has 4 aromatic rings. The number of benzene rings is 4. The van der Waals surface area contributed by atoms with Crippen molar-refractivity contribution in [2.24, 2.45) is 0 Å². The Kier molecular flexibility index (Phi) is 7.82. The van der Waals surface area contributed by atoms with Gasteiger partial charge in [-0.1, -0.05) is 76.6 Å². The van der Waals surface area contributed by atoms with E-state index < -0.39 is 11.8 Å². The van der Waals surface area contributed by atoms with E-state index in [-0.39, 0.29) is 13.2 Å². The van der Waals surface area contributed by atoms with Crippen LogP contribution in [0.15, 0.2) is 93.9 Å². The Labute approximate surface area is 213 Å². The van der Waals surface area contributed by atoms with Crippen LogP contribution in [0.1, 0.15) is 0 Å². The second-order valence-electron chi connectivity index (χ2n) is 7.28. The lowest BCUT2D eigenvalue weighted by Gasteiger charge is -2.13. The molecule has 0 aliphatic carbocycles. The molecule has 0 aromatic heterocycles. The van der Waals surface area contributed by atoms with E-state index in [0.717, 1.165) is 30.8 Å². The predicted octanol–water partition coefficient (Wildman–Crippen LogP) is 5.64. The quantitative estimate of drug-likeness (QED) is 0.276. The zero-order valence-corrected chi connectivity index (χ0v) is 21.1. The van der Waals surface area contributed by atoms with E-state index >= 15 is 0 Å². The molecule has 2 N–H and O–H groups in total. The van der Waals surface area contributed by atoms with Crippen LogP contribution in [0.3, 0.4) is 0 Å². The average Bonchev–Trinajstić information content (AvgIpc) is 2.86. The molecule has 6 nitrogen and oxygen atoms in total. The van der Waals surface area contributed by atoms with Crippen LogP contribution in [0.25, 0.3) is 21.9 Å². The highest BCUT2D eigenvalue weighted by atomic mass is 79.9. The summed E-state index contributed by atoms with van der Waals surface area (Å²) < 4.78 is 13.0. The van der Waals surface area contributed by atoms with E-state index in [2.05, 4.69) is 42.7 Å². The number of rotatable bonds is 7. The van der Waals surface area contributed by atoms with Crippen LogP contribution in [0, 0.1) is 0 Å². The van der Waals surface area contributed by atoms with Crippen LogP contribution < -0.4 is 20.3 Å². The molecule has 0 atom stereocenters. The van der Waals surface area contributed by atoms with Gasteiger partial charge in [-0.3, -0.25) is 20.4 Å². The number of hydrogen-bond donors (Lipinski definition) is 2. The number of para-hydroxylation sites is 1. The molecule has 2 amide bonds. The van der Waals surface area contributed by atoms with Gasteiger partial charge < -0.3 is 9.47 Å². The van der Waals surface area contributed by atoms with Crippen molar-refractivity contribution in [3.63, 3.8) is 0 Å². The van der Waals surface area contributed by atoms with Gasteiger partial charge in [-0.15, -0.1) is 0 Å². The van der Waals surface area contributed by atoms with E-state index in [1.165, 1.54) is 0 Å². The van der Waals surface area contributed by atoms with Gasteiger partial charge in [-0.2, -0.15) is 0 Å². The highest BCUT2D eigenvalue weighted by Crippen LogP contribution is 2.34. The van der Waals surface area contributed by atoms with Crippen molar-refractivity contribution in [2.75, 3.05) is 13.2 Å². The Morgan fingerprint density at radius 2 is 1.35 bits per heavy atom. The van der Waals surface area contributed by atoms with Crippen LogP contribution >= 0.6 is 31.9 Å². The number of halogens is 2. The molecule has 0 spiro atoms. The fourth-order valence-corrected chi connectivity index (χ4v) is 4.29. The SMILES string of the molecule is O=C(COc1ccccc1-c1ccccc1)NNC(=O)COc1ccc2cc(Br)ccc2c1Br. The number of hydrogen-bond acceptors (Lipinski definition) is 4. The third-order valence-corrected chi connectivity index (χ3v) is 6.22. The van der Waals surface area contributed by atoms with Gasteiger partial charge in [0, 0.05) is 10.0 Å². The minimum Gasteiger partial charge on any atom is -0.483 e. The molecule has 8 heteroatoms. The zero-order valence-electron chi connectivity index (χ0n) is 17.9. The first-order valence-corrected chi connectivity index (χ1v) is 12.0. The van der Waals surface area contributed by atoms with Crippen molar-refractivity contribution in [3.8, 4) is 22.6 Å². The van der Waals surface area contributed by atoms with Gasteiger partial charge in [-0.25, -0.2) is 0 Å². The van der Waals surface area contributed by atoms with Crippen LogP contribution in [0.5, 0.6) is 11.5 Å². The number of ether oxygens (including phenoxy) is 2. The molecular formula is C26H20Br2N2O4. The number of carbonyl (C=O) groups is 2. The second kappa shape index (κ2) is 11.2. The number of nitrogens with one attached hydrogen (secondary N) is 2. The molecular weight excluding hydrogens is 564 g/mol. The highest BCUT2D eigenvalue weighted by molar-refractivity contribution is 9.11. The molecule has 0 bridgehead atoms. The minimum absolute atomic E-state index is 0.253. The summed E-state index contributed by atoms with van der Waals surface area (Å²) in [6.07, 6.45) is 0. The average molecular weight is 584 g/mol. The van der Waals surface area contributed by atoms with E-state index in [4.69, 9.17) is 9.47 Å². The maximum absolute atomic E-state index is 12.2. The summed E-state index contributed by atoms with van der Waals surface area (Å²) >= 11 is 6.98. The van der Waals surface area contributed by atoms with Gasteiger partial charge in [0.1, 0.15) is 11.5 Å². The molecule has 4 rings (SSSR count). The summed E-state index contributed by atoms with van der Waals surface area (Å²) in [5.41, 5.74) is 6.53. The Hall–Kier alpha value is -3.36. The molecule has 0 aliphatic rings. The van der Waals surface area contributed by atoms with E-state index in [1.54, 1.807) is 12.1 Å². The smallest absolute Gasteiger partial charge is 0.276 e. The minimum atomic E-state index is -0.499. The molecule has 0 fully saturated rings. The first kappa shape index (κ1) is 23.8. The molecule has 0 heterocycles. The molecule has 172 valence electrons. The predicted molar refractivity (Wildman–Crippen MR) is 139 cm³/mol. The van der Waals surface area contributed by atoms with E-state index in [1.807, 2.05) is 72.8 Å². The normalized spacial score (nSPS) is 10.5. The topological polar surface area (TPSA) is 76.7 Å². The van der Waals surface area contributed by atoms with E-state index in [0.29, 0.717) is 11.5 Å². The molecule has 4 aromatic carbocycles. The van der Waals surface area contributed by atoms with Gasteiger partial charge in [0.15, 0.2) is 13.2 Å². The fourth-order valence-electron chi connectivity index (χ4n) is 3.30. The highest BCUT2D eigenvalue weighted by Gasteiger charge is 2.11. The van der Waals surface area contributed by atoms with Gasteiger partial charge in [-0.05, 0) is 56.5 Å². The van der Waals surface area contributed by atoms with Gasteiger partial charge in [0.05, 0.1) is 4.47 Å². The molecule has 0 saturated carbocycles. The van der Waals surface area contributed by atoms with Crippen molar-refractivity contribution >= 4 is 54.4 Å². The van der Waals surface area contributed by atoms with Gasteiger partial charge in [0.25, 0.3) is 11.8 Å². The Bertz CT molecular complexity index is 1330. The second-order valence-corrected chi connectivity index (χ2v) is 8.99. The summed E-state index contributed by atoms with van der Waals surface area (Å²) in [5, 5.41) is 1.99. The largest absolute Gasteiger partial charge is 0.483 e. The van der Waals surface area contributed by atoms with Gasteiger partial charge in [0.2, 0.25) is 0 Å². The van der Waals surface area contributed by atoms with Crippen molar-refractivity contribution in [3.05, 3.63) is 93.9 Å². The maximum Gasteiger partial charge on any atom is 0.276 e. The summed E-state index contributed by atoms with van der Waals surface area (Å²) in [7, 11) is 0. The van der Waals surface area contributed by atoms with Crippen molar-refractivity contribution in [2.45, 2.75) is 0 Å². The van der Waals surface area contributed by atoms with Crippen LogP contribution in [0.4, 0.5) is 0 Å². The summed E-state index contributed by atoms with van der Waals surface area (Å²) in [4.78, 5) is 24.3. The van der Waals surface area contributed by atoms with Crippen LogP contribution in [-0.4, -0.2) is 25.0 Å². The molecule has 0 aliphatic heterocycles. The Balaban J connectivity index is 1.27. The lowest BCUT2D eigenvalue weighted by molar-refractivity contribution is -0.131. The summed E-state index contributed by atoms with van der Waals surface area (Å²) in [6, 6.07) is 26.8. The lowest BCUT2D eigenvalue weighted by Crippen LogP contribution is -2.45. The lowest BCUT2D eigenvalue weighted by atomic mass is 10.1. The maximum atomic E-state index is 12.2. The summed E-state index contributed by atoms with van der Waals surface area (Å²) in [5.74, 6) is 0.110. The number of hydrazine groups is 1. The number of fused-ring (bicyclic) bond motifs is 1. The monoisotopic (exact) mass is 582 g/mol. The standard InChI is InChI=1S/C26H20Br2N2O4/c27-19-11-12-21-18(14-19)10-13-23(26(21)28)34-16-25(32)30-29-24(31)15-33-22-9-5-4-8-20(22)17-6-2-1-3-7-17/h1-14H,15-16H2,(H,29,31)(H,30,32). The Morgan fingerprint density at radius 3 is 2.09 bits per heavy atom. The van der Waals surface area contributed by atoms with Crippen LogP contribution in [0.2, 0.25) is 0 Å². The third kappa shape index (κ3) is 5.95. The molecule has 0 radical (unpaired) electrons. The molecule has 0 saturated heterocycles. The number of amides is 2. The fraction of sp³-hybridized carbons (Fsp3) is 0.0769. The van der Waals surface area contributed by atoms with Crippen LogP contribution in [-0.2, 0) is 9.59 Å². The number of carbonyl (C=O) groups excluding carboxylic acids is 2. The Morgan fingerprint density at radius 1 is 0.706 bits per heavy atom. The van der Waals surface area contributed by atoms with Crippen molar-refractivity contribution in [1.29, 1.82) is 0 Å². The van der Waals surface area contributed by atoms with E-state index in [9.17, 15) is 9.59 Å². The first-order valence-electron chi connectivity index (χ1n) is 10.4. The third-order valence-electron chi connectivity index (χ3n) is 4.91. The molecule has 0 unspecified atom stereocenters. The van der Waals surface area contributed by atoms with Crippen molar-refractivity contribution in [1.82, 2.24) is 10.9 Å². The van der Waals surface area contributed by atoms with Gasteiger partial charge >= 0.3 is 0 Å². The molecule has 34 heavy (non-hydrogen) atoms. The first-order chi connectivity index (χ1) is 16.5. The summed E-state index contributed by atoms with van der Waals surface area (Å²) in [6.45, 7) is -0.518. The zero-order chi connectivity index (χ0) is 23.9. The van der Waals surface area contributed by atoms with Crippen molar-refractivity contribution < 1.29 is 19.1 Å².